The van der Waals surface area contributed by atoms with Gasteiger partial charge in [0.2, 0.25) is 10.0 Å². The Bertz CT molecular complexity index is 427. The second-order valence-corrected chi connectivity index (χ2v) is 5.04. The predicted octanol–water partition coefficient (Wildman–Crippen LogP) is 1.29. The zero-order valence-electron chi connectivity index (χ0n) is 8.49. The van der Waals surface area contributed by atoms with Crippen LogP contribution in [-0.2, 0) is 14.8 Å². The van der Waals surface area contributed by atoms with Crippen molar-refractivity contribution >= 4 is 15.9 Å². The molecule has 0 rings (SSSR count). The summed E-state index contributed by atoms with van der Waals surface area (Å²) < 4.78 is 106. The summed E-state index contributed by atoms with van der Waals surface area (Å²) in [4.78, 5) is 10.5. The fraction of sp³-hybridized carbons (Fsp3) is 0.833. The van der Waals surface area contributed by atoms with E-state index in [-0.39, 0.29) is 6.26 Å². The SMILES string of the molecule is CS(=O)(=O)NC(=O)C(F)(F)CC(F)(F)C(F)(F)F. The van der Waals surface area contributed by atoms with Gasteiger partial charge in [-0.2, -0.15) is 30.7 Å². The Hall–Kier alpha value is -1.07. The quantitative estimate of drug-likeness (QED) is 0.796. The van der Waals surface area contributed by atoms with Crippen LogP contribution in [0.15, 0.2) is 0 Å². The number of carbonyl (C=O) groups is 1. The van der Waals surface area contributed by atoms with Gasteiger partial charge in [-0.15, -0.1) is 0 Å². The molecule has 12 heteroatoms. The lowest BCUT2D eigenvalue weighted by Gasteiger charge is -2.23. The van der Waals surface area contributed by atoms with Gasteiger partial charge in [-0.1, -0.05) is 0 Å². The molecule has 0 aromatic heterocycles. The Kier molecular flexibility index (Phi) is 4.28. The molecule has 0 fully saturated rings. The Balaban J connectivity index is 5.03. The second kappa shape index (κ2) is 4.55. The highest BCUT2D eigenvalue weighted by atomic mass is 32.2. The largest absolute Gasteiger partial charge is 0.453 e. The summed E-state index contributed by atoms with van der Waals surface area (Å²) in [5.41, 5.74) is 0. The van der Waals surface area contributed by atoms with E-state index in [1.54, 1.807) is 0 Å². The first-order valence-corrected chi connectivity index (χ1v) is 5.82. The van der Waals surface area contributed by atoms with Crippen molar-refractivity contribution < 1.29 is 43.9 Å². The maximum Gasteiger partial charge on any atom is 0.453 e. The number of hydrogen-bond acceptors (Lipinski definition) is 3. The average molecular weight is 305 g/mol. The van der Waals surface area contributed by atoms with Gasteiger partial charge in [-0.25, -0.2) is 13.1 Å². The van der Waals surface area contributed by atoms with Crippen molar-refractivity contribution in [1.82, 2.24) is 4.72 Å². The van der Waals surface area contributed by atoms with E-state index in [4.69, 9.17) is 0 Å². The normalized spacial score (nSPS) is 14.4. The molecule has 4 nitrogen and oxygen atoms in total. The Morgan fingerprint density at radius 2 is 1.44 bits per heavy atom. The fourth-order valence-corrected chi connectivity index (χ4v) is 1.19. The monoisotopic (exact) mass is 305 g/mol. The van der Waals surface area contributed by atoms with Crippen molar-refractivity contribution in [1.29, 1.82) is 0 Å². The van der Waals surface area contributed by atoms with Crippen LogP contribution in [0.2, 0.25) is 0 Å². The van der Waals surface area contributed by atoms with Crippen LogP contribution in [0.25, 0.3) is 0 Å². The van der Waals surface area contributed by atoms with E-state index in [9.17, 15) is 43.9 Å². The maximum absolute atomic E-state index is 12.7. The summed E-state index contributed by atoms with van der Waals surface area (Å²) in [6, 6.07) is 0. The molecule has 0 aromatic rings. The van der Waals surface area contributed by atoms with E-state index in [0.717, 1.165) is 0 Å². The summed E-state index contributed by atoms with van der Waals surface area (Å²) in [6.07, 6.45) is -9.20. The fourth-order valence-electron chi connectivity index (χ4n) is 0.702. The molecule has 0 saturated carbocycles. The Labute approximate surface area is 96.2 Å². The van der Waals surface area contributed by atoms with Gasteiger partial charge in [0.15, 0.2) is 0 Å². The summed E-state index contributed by atoms with van der Waals surface area (Å²) in [7, 11) is -4.50. The molecule has 0 heterocycles. The molecule has 0 saturated heterocycles. The van der Waals surface area contributed by atoms with Crippen LogP contribution in [-0.4, -0.2) is 38.6 Å². The Morgan fingerprint density at radius 3 is 1.72 bits per heavy atom. The van der Waals surface area contributed by atoms with E-state index < -0.39 is 40.4 Å². The molecule has 0 radical (unpaired) electrons. The van der Waals surface area contributed by atoms with Crippen molar-refractivity contribution in [3.63, 3.8) is 0 Å². The van der Waals surface area contributed by atoms with Crippen molar-refractivity contribution in [3.05, 3.63) is 0 Å². The topological polar surface area (TPSA) is 63.2 Å². The molecule has 1 amide bonds. The van der Waals surface area contributed by atoms with Crippen LogP contribution in [0.3, 0.4) is 0 Å². The highest BCUT2D eigenvalue weighted by molar-refractivity contribution is 7.89. The number of rotatable bonds is 4. The summed E-state index contributed by atoms with van der Waals surface area (Å²) in [5, 5.41) is 0. The molecule has 0 aliphatic rings. The highest BCUT2D eigenvalue weighted by Gasteiger charge is 2.63. The molecule has 0 spiro atoms. The zero-order valence-corrected chi connectivity index (χ0v) is 9.30. The van der Waals surface area contributed by atoms with E-state index in [1.165, 1.54) is 0 Å². The van der Waals surface area contributed by atoms with Crippen LogP contribution in [0, 0.1) is 0 Å². The van der Waals surface area contributed by atoms with Crippen molar-refractivity contribution in [2.75, 3.05) is 6.26 Å². The zero-order chi connectivity index (χ0) is 15.0. The Morgan fingerprint density at radius 1 is 1.06 bits per heavy atom. The summed E-state index contributed by atoms with van der Waals surface area (Å²) >= 11 is 0. The van der Waals surface area contributed by atoms with Crippen molar-refractivity contribution in [2.24, 2.45) is 0 Å². The summed E-state index contributed by atoms with van der Waals surface area (Å²) in [6.45, 7) is 0. The standard InChI is InChI=1S/C6H6F7NO3S/c1-18(16,17)14-3(15)4(7,8)2-5(9,10)6(11,12)13/h2H2,1H3,(H,14,15). The molecule has 0 aromatic carbocycles. The van der Waals surface area contributed by atoms with E-state index in [0.29, 0.717) is 4.72 Å². The van der Waals surface area contributed by atoms with Gasteiger partial charge in [0, 0.05) is 0 Å². The highest BCUT2D eigenvalue weighted by Crippen LogP contribution is 2.42. The smallest absolute Gasteiger partial charge is 0.267 e. The minimum absolute atomic E-state index is 0.253. The molecular weight excluding hydrogens is 299 g/mol. The van der Waals surface area contributed by atoms with Gasteiger partial charge in [0.1, 0.15) is 0 Å². The van der Waals surface area contributed by atoms with Gasteiger partial charge in [-0.05, 0) is 0 Å². The lowest BCUT2D eigenvalue weighted by Crippen LogP contribution is -2.49. The van der Waals surface area contributed by atoms with Crippen molar-refractivity contribution in [2.45, 2.75) is 24.4 Å². The molecule has 0 aliphatic carbocycles. The number of amides is 1. The predicted molar refractivity (Wildman–Crippen MR) is 43.6 cm³/mol. The van der Waals surface area contributed by atoms with Gasteiger partial charge in [0.25, 0.3) is 0 Å². The van der Waals surface area contributed by atoms with Gasteiger partial charge < -0.3 is 0 Å². The number of sulfonamides is 1. The lowest BCUT2D eigenvalue weighted by atomic mass is 10.1. The lowest BCUT2D eigenvalue weighted by molar-refractivity contribution is -0.297. The second-order valence-electron chi connectivity index (χ2n) is 3.29. The molecule has 108 valence electrons. The number of alkyl halides is 7. The third-order valence-electron chi connectivity index (χ3n) is 1.47. The number of halogens is 7. The van der Waals surface area contributed by atoms with Gasteiger partial charge in [0.05, 0.1) is 12.7 Å². The molecule has 18 heavy (non-hydrogen) atoms. The number of carbonyl (C=O) groups excluding carboxylic acids is 1. The van der Waals surface area contributed by atoms with E-state index in [1.807, 2.05) is 0 Å². The first-order valence-electron chi connectivity index (χ1n) is 3.93. The number of nitrogens with one attached hydrogen (secondary N) is 1. The van der Waals surface area contributed by atoms with E-state index in [2.05, 4.69) is 0 Å². The third-order valence-corrected chi connectivity index (χ3v) is 2.03. The van der Waals surface area contributed by atoms with Crippen LogP contribution in [0.5, 0.6) is 0 Å². The van der Waals surface area contributed by atoms with Gasteiger partial charge in [-0.3, -0.25) is 4.79 Å². The van der Waals surface area contributed by atoms with Crippen LogP contribution in [0.1, 0.15) is 6.42 Å². The average Bonchev–Trinajstić information content (AvgIpc) is 1.95. The summed E-state index contributed by atoms with van der Waals surface area (Å²) in [5.74, 6) is -13.8. The molecular formula is C6H6F7NO3S. The van der Waals surface area contributed by atoms with Crippen LogP contribution in [0.4, 0.5) is 30.7 Å². The minimum Gasteiger partial charge on any atom is -0.267 e. The van der Waals surface area contributed by atoms with Crippen LogP contribution >= 0.6 is 0 Å². The first kappa shape index (κ1) is 16.9. The van der Waals surface area contributed by atoms with Crippen LogP contribution < -0.4 is 4.72 Å². The molecule has 0 bridgehead atoms. The number of hydrogen-bond donors (Lipinski definition) is 1. The first-order chi connectivity index (χ1) is 7.58. The minimum atomic E-state index is -6.28. The van der Waals surface area contributed by atoms with Crippen molar-refractivity contribution in [3.8, 4) is 0 Å². The maximum atomic E-state index is 12.7. The van der Waals surface area contributed by atoms with Gasteiger partial charge >= 0.3 is 23.9 Å². The molecule has 1 N–H and O–H groups in total. The van der Waals surface area contributed by atoms with E-state index >= 15 is 0 Å². The molecule has 0 aliphatic heterocycles. The molecule has 0 atom stereocenters. The third kappa shape index (κ3) is 4.66. The molecule has 0 unspecified atom stereocenters.